The molecule has 3 heteroatoms. The van der Waals surface area contributed by atoms with Gasteiger partial charge in [0.2, 0.25) is 0 Å². The van der Waals surface area contributed by atoms with Crippen molar-refractivity contribution in [3.8, 4) is 5.75 Å². The van der Waals surface area contributed by atoms with Crippen LogP contribution >= 0.6 is 0 Å². The highest BCUT2D eigenvalue weighted by atomic mass is 16.5. The maximum Gasteiger partial charge on any atom is 0.313 e. The molecule has 3 aromatic rings. The zero-order valence-electron chi connectivity index (χ0n) is 13.2. The van der Waals surface area contributed by atoms with Crippen LogP contribution in [0.3, 0.4) is 0 Å². The highest BCUT2D eigenvalue weighted by Gasteiger charge is 2.09. The van der Waals surface area contributed by atoms with E-state index in [0.717, 1.165) is 11.4 Å². The molecule has 0 bridgehead atoms. The summed E-state index contributed by atoms with van der Waals surface area (Å²) in [7, 11) is 0. The maximum absolute atomic E-state index is 11.6. The first kappa shape index (κ1) is 15.1. The number of rotatable bonds is 4. The average molecular weight is 305 g/mol. The Kier molecular flexibility index (Phi) is 4.29. The van der Waals surface area contributed by atoms with E-state index in [-0.39, 0.29) is 11.9 Å². The Labute approximate surface area is 135 Å². The van der Waals surface area contributed by atoms with Gasteiger partial charge in [-0.05, 0) is 47.2 Å². The number of carbonyl (C=O) groups excluding carboxylic acids is 1. The van der Waals surface area contributed by atoms with Gasteiger partial charge < -0.3 is 10.1 Å². The van der Waals surface area contributed by atoms with Gasteiger partial charge >= 0.3 is 5.97 Å². The number of esters is 1. The van der Waals surface area contributed by atoms with Crippen molar-refractivity contribution in [1.82, 2.24) is 0 Å². The van der Waals surface area contributed by atoms with Gasteiger partial charge in [0.15, 0.2) is 0 Å². The van der Waals surface area contributed by atoms with Crippen LogP contribution in [-0.4, -0.2) is 5.97 Å². The molecule has 0 aliphatic carbocycles. The monoisotopic (exact) mass is 305 g/mol. The van der Waals surface area contributed by atoms with Gasteiger partial charge in [0.25, 0.3) is 0 Å². The van der Waals surface area contributed by atoms with Crippen LogP contribution < -0.4 is 10.1 Å². The summed E-state index contributed by atoms with van der Waals surface area (Å²) in [6.07, 6.45) is 0. The molecule has 0 heterocycles. The van der Waals surface area contributed by atoms with Crippen LogP contribution in [0.25, 0.3) is 10.8 Å². The standard InChI is InChI=1S/C20H19NO2/c1-14(2)20(22)23-19-11-9-17(10-12-19)21-18-8-7-15-5-3-4-6-16(15)13-18/h3-14,21H,1-2H3. The third-order valence-corrected chi connectivity index (χ3v) is 3.58. The maximum atomic E-state index is 11.6. The summed E-state index contributed by atoms with van der Waals surface area (Å²) >= 11 is 0. The first-order valence-corrected chi connectivity index (χ1v) is 7.69. The van der Waals surface area contributed by atoms with Gasteiger partial charge in [-0.2, -0.15) is 0 Å². The fourth-order valence-electron chi connectivity index (χ4n) is 2.27. The number of hydrogen-bond donors (Lipinski definition) is 1. The molecule has 0 fully saturated rings. The molecule has 0 saturated heterocycles. The lowest BCUT2D eigenvalue weighted by atomic mass is 10.1. The van der Waals surface area contributed by atoms with Crippen LogP contribution in [0, 0.1) is 5.92 Å². The second-order valence-electron chi connectivity index (χ2n) is 5.79. The molecule has 3 rings (SSSR count). The van der Waals surface area contributed by atoms with Gasteiger partial charge in [0, 0.05) is 11.4 Å². The first-order chi connectivity index (χ1) is 11.1. The highest BCUT2D eigenvalue weighted by Crippen LogP contribution is 2.24. The smallest absolute Gasteiger partial charge is 0.313 e. The van der Waals surface area contributed by atoms with E-state index < -0.39 is 0 Å². The van der Waals surface area contributed by atoms with E-state index in [1.807, 2.05) is 38.1 Å². The zero-order chi connectivity index (χ0) is 16.2. The lowest BCUT2D eigenvalue weighted by Gasteiger charge is -2.10. The molecule has 0 spiro atoms. The molecule has 0 atom stereocenters. The predicted molar refractivity (Wildman–Crippen MR) is 94.1 cm³/mol. The van der Waals surface area contributed by atoms with Gasteiger partial charge in [-0.15, -0.1) is 0 Å². The topological polar surface area (TPSA) is 38.3 Å². The summed E-state index contributed by atoms with van der Waals surface area (Å²) in [5.74, 6) is 0.207. The molecule has 116 valence electrons. The van der Waals surface area contributed by atoms with Gasteiger partial charge in [-0.25, -0.2) is 0 Å². The van der Waals surface area contributed by atoms with Crippen molar-refractivity contribution in [2.24, 2.45) is 5.92 Å². The summed E-state index contributed by atoms with van der Waals surface area (Å²) in [5, 5.41) is 5.77. The Bertz CT molecular complexity index is 822. The number of fused-ring (bicyclic) bond motifs is 1. The Morgan fingerprint density at radius 1 is 0.870 bits per heavy atom. The van der Waals surface area contributed by atoms with Crippen LogP contribution in [0.5, 0.6) is 5.75 Å². The fourth-order valence-corrected chi connectivity index (χ4v) is 2.27. The van der Waals surface area contributed by atoms with E-state index in [1.165, 1.54) is 10.8 Å². The Morgan fingerprint density at radius 3 is 2.22 bits per heavy atom. The van der Waals surface area contributed by atoms with E-state index in [9.17, 15) is 4.79 Å². The number of ether oxygens (including phenoxy) is 1. The minimum Gasteiger partial charge on any atom is -0.426 e. The highest BCUT2D eigenvalue weighted by molar-refractivity contribution is 5.86. The number of benzene rings is 3. The van der Waals surface area contributed by atoms with Crippen LogP contribution in [0.4, 0.5) is 11.4 Å². The van der Waals surface area contributed by atoms with Crippen molar-refractivity contribution in [2.45, 2.75) is 13.8 Å². The molecule has 0 aromatic heterocycles. The van der Waals surface area contributed by atoms with Gasteiger partial charge in [-0.3, -0.25) is 4.79 Å². The lowest BCUT2D eigenvalue weighted by Crippen LogP contribution is -2.14. The third-order valence-electron chi connectivity index (χ3n) is 3.58. The van der Waals surface area contributed by atoms with Crippen LogP contribution in [0.15, 0.2) is 66.7 Å². The summed E-state index contributed by atoms with van der Waals surface area (Å²) in [5.41, 5.74) is 1.97. The molecular weight excluding hydrogens is 286 g/mol. The Balaban J connectivity index is 1.73. The summed E-state index contributed by atoms with van der Waals surface area (Å²) < 4.78 is 5.27. The van der Waals surface area contributed by atoms with Gasteiger partial charge in [0.1, 0.15) is 5.75 Å². The van der Waals surface area contributed by atoms with Crippen LogP contribution in [-0.2, 0) is 4.79 Å². The molecule has 23 heavy (non-hydrogen) atoms. The van der Waals surface area contributed by atoms with Gasteiger partial charge in [-0.1, -0.05) is 44.2 Å². The molecule has 3 nitrogen and oxygen atoms in total. The summed E-state index contributed by atoms with van der Waals surface area (Å²) in [6.45, 7) is 3.63. The Morgan fingerprint density at radius 2 is 1.52 bits per heavy atom. The van der Waals surface area contributed by atoms with E-state index in [0.29, 0.717) is 5.75 Å². The summed E-state index contributed by atoms with van der Waals surface area (Å²) in [4.78, 5) is 11.6. The molecule has 1 N–H and O–H groups in total. The molecule has 0 aliphatic rings. The average Bonchev–Trinajstić information content (AvgIpc) is 2.56. The molecule has 0 saturated carbocycles. The number of nitrogens with one attached hydrogen (secondary N) is 1. The van der Waals surface area contributed by atoms with Crippen molar-refractivity contribution < 1.29 is 9.53 Å². The molecule has 0 amide bonds. The van der Waals surface area contributed by atoms with E-state index >= 15 is 0 Å². The second-order valence-corrected chi connectivity index (χ2v) is 5.79. The van der Waals surface area contributed by atoms with E-state index in [1.54, 1.807) is 12.1 Å². The van der Waals surface area contributed by atoms with Crippen molar-refractivity contribution in [3.05, 3.63) is 66.7 Å². The largest absolute Gasteiger partial charge is 0.426 e. The SMILES string of the molecule is CC(C)C(=O)Oc1ccc(Nc2ccc3ccccc3c2)cc1. The lowest BCUT2D eigenvalue weighted by molar-refractivity contribution is -0.137. The van der Waals surface area contributed by atoms with Crippen molar-refractivity contribution >= 4 is 28.1 Å². The third kappa shape index (κ3) is 3.69. The van der Waals surface area contributed by atoms with Gasteiger partial charge in [0.05, 0.1) is 5.92 Å². The van der Waals surface area contributed by atoms with Crippen LogP contribution in [0.1, 0.15) is 13.8 Å². The second kappa shape index (κ2) is 6.53. The minimum atomic E-state index is -0.222. The first-order valence-electron chi connectivity index (χ1n) is 7.69. The van der Waals surface area contributed by atoms with E-state index in [4.69, 9.17) is 4.74 Å². The van der Waals surface area contributed by atoms with Crippen molar-refractivity contribution in [1.29, 1.82) is 0 Å². The molecule has 3 aromatic carbocycles. The molecule has 0 unspecified atom stereocenters. The van der Waals surface area contributed by atoms with Crippen LogP contribution in [0.2, 0.25) is 0 Å². The molecular formula is C20H19NO2. The quantitative estimate of drug-likeness (QED) is 0.535. The van der Waals surface area contributed by atoms with Crippen molar-refractivity contribution in [2.75, 3.05) is 5.32 Å². The van der Waals surface area contributed by atoms with Crippen molar-refractivity contribution in [3.63, 3.8) is 0 Å². The number of anilines is 2. The molecule has 0 aliphatic heterocycles. The number of hydrogen-bond acceptors (Lipinski definition) is 3. The predicted octanol–water partition coefficient (Wildman–Crippen LogP) is 5.14. The normalized spacial score (nSPS) is 10.7. The zero-order valence-corrected chi connectivity index (χ0v) is 13.2. The molecule has 0 radical (unpaired) electrons. The minimum absolute atomic E-state index is 0.134. The van der Waals surface area contributed by atoms with E-state index in [2.05, 4.69) is 35.6 Å². The Hall–Kier alpha value is -2.81. The summed E-state index contributed by atoms with van der Waals surface area (Å²) in [6, 6.07) is 21.9. The fraction of sp³-hybridized carbons (Fsp3) is 0.150. The number of carbonyl (C=O) groups is 1.